The van der Waals surface area contributed by atoms with E-state index in [1.54, 1.807) is 12.1 Å². The van der Waals surface area contributed by atoms with Crippen LogP contribution in [0.3, 0.4) is 0 Å². The lowest BCUT2D eigenvalue weighted by molar-refractivity contribution is -0.112. The van der Waals surface area contributed by atoms with Crippen LogP contribution in [0.5, 0.6) is 5.75 Å². The number of hydrogen-bond donors (Lipinski definition) is 1. The fourth-order valence-corrected chi connectivity index (χ4v) is 3.53. The average molecular weight is 475 g/mol. The van der Waals surface area contributed by atoms with Crippen LogP contribution >= 0.6 is 15.9 Å². The first kappa shape index (κ1) is 22.3. The SMILES string of the molecule is Cc1cccc(NC(=O)/C(C#N)=C/c2ccc(OCc3ccc(C)c(C)c3)c(Br)c2)c1. The van der Waals surface area contributed by atoms with Crippen LogP contribution in [-0.2, 0) is 11.4 Å². The molecule has 0 saturated carbocycles. The van der Waals surface area contributed by atoms with Crippen LogP contribution in [0, 0.1) is 32.1 Å². The van der Waals surface area contributed by atoms with Gasteiger partial charge in [0.15, 0.2) is 0 Å². The van der Waals surface area contributed by atoms with Gasteiger partial charge in [0.2, 0.25) is 0 Å². The molecule has 31 heavy (non-hydrogen) atoms. The molecule has 3 rings (SSSR count). The molecular weight excluding hydrogens is 452 g/mol. The first-order chi connectivity index (χ1) is 14.9. The summed E-state index contributed by atoms with van der Waals surface area (Å²) in [5.41, 5.74) is 6.01. The minimum absolute atomic E-state index is 0.0252. The highest BCUT2D eigenvalue weighted by Gasteiger charge is 2.11. The van der Waals surface area contributed by atoms with Crippen molar-refractivity contribution in [3.8, 4) is 11.8 Å². The van der Waals surface area contributed by atoms with Gasteiger partial charge in [-0.3, -0.25) is 4.79 Å². The number of carbonyl (C=O) groups excluding carboxylic acids is 1. The molecule has 1 amide bonds. The predicted octanol–water partition coefficient (Wildman–Crippen LogP) is 6.50. The number of ether oxygens (including phenoxy) is 1. The molecule has 0 aliphatic carbocycles. The number of nitrogens with one attached hydrogen (secondary N) is 1. The summed E-state index contributed by atoms with van der Waals surface area (Å²) >= 11 is 3.52. The number of halogens is 1. The molecule has 1 N–H and O–H groups in total. The third-order valence-electron chi connectivity index (χ3n) is 4.87. The first-order valence-electron chi connectivity index (χ1n) is 9.84. The van der Waals surface area contributed by atoms with Crippen LogP contribution in [-0.4, -0.2) is 5.91 Å². The molecule has 5 heteroatoms. The second-order valence-corrected chi connectivity index (χ2v) is 8.24. The topological polar surface area (TPSA) is 62.1 Å². The molecule has 0 aromatic heterocycles. The van der Waals surface area contributed by atoms with Crippen molar-refractivity contribution < 1.29 is 9.53 Å². The maximum Gasteiger partial charge on any atom is 0.266 e. The summed E-state index contributed by atoms with van der Waals surface area (Å²) in [7, 11) is 0. The van der Waals surface area contributed by atoms with Crippen LogP contribution in [0.15, 0.2) is 70.7 Å². The number of aryl methyl sites for hydroxylation is 3. The molecule has 0 saturated heterocycles. The lowest BCUT2D eigenvalue weighted by Gasteiger charge is -2.10. The second kappa shape index (κ2) is 10.1. The molecule has 0 unspecified atom stereocenters. The van der Waals surface area contributed by atoms with E-state index in [2.05, 4.69) is 53.3 Å². The number of rotatable bonds is 6. The fourth-order valence-electron chi connectivity index (χ4n) is 3.01. The quantitative estimate of drug-likeness (QED) is 0.327. The third kappa shape index (κ3) is 6.07. The van der Waals surface area contributed by atoms with Crippen molar-refractivity contribution >= 4 is 33.6 Å². The van der Waals surface area contributed by atoms with Crippen molar-refractivity contribution in [3.63, 3.8) is 0 Å². The summed E-state index contributed by atoms with van der Waals surface area (Å²) in [5.74, 6) is 0.248. The Morgan fingerprint density at radius 1 is 1.06 bits per heavy atom. The van der Waals surface area contributed by atoms with Crippen molar-refractivity contribution in [1.82, 2.24) is 0 Å². The summed E-state index contributed by atoms with van der Waals surface area (Å²) in [5, 5.41) is 12.2. The minimum atomic E-state index is -0.445. The Hall–Kier alpha value is -3.36. The molecule has 0 aliphatic heterocycles. The number of benzene rings is 3. The van der Waals surface area contributed by atoms with Crippen molar-refractivity contribution in [1.29, 1.82) is 5.26 Å². The normalized spacial score (nSPS) is 11.0. The minimum Gasteiger partial charge on any atom is -0.488 e. The molecule has 4 nitrogen and oxygen atoms in total. The zero-order valence-corrected chi connectivity index (χ0v) is 19.3. The Bertz CT molecular complexity index is 1190. The van der Waals surface area contributed by atoms with Crippen LogP contribution in [0.25, 0.3) is 6.08 Å². The number of nitriles is 1. The summed E-state index contributed by atoms with van der Waals surface area (Å²) in [4.78, 5) is 12.5. The van der Waals surface area contributed by atoms with Crippen LogP contribution in [0.2, 0.25) is 0 Å². The van der Waals surface area contributed by atoms with Crippen molar-refractivity contribution in [2.45, 2.75) is 27.4 Å². The van der Waals surface area contributed by atoms with Gasteiger partial charge in [-0.05, 0) is 94.9 Å². The Kier molecular flexibility index (Phi) is 7.28. The van der Waals surface area contributed by atoms with Gasteiger partial charge in [0, 0.05) is 5.69 Å². The van der Waals surface area contributed by atoms with E-state index in [-0.39, 0.29) is 5.57 Å². The van der Waals surface area contributed by atoms with Gasteiger partial charge in [0.1, 0.15) is 24.0 Å². The molecule has 0 atom stereocenters. The van der Waals surface area contributed by atoms with Crippen LogP contribution in [0.1, 0.15) is 27.8 Å². The Morgan fingerprint density at radius 2 is 1.87 bits per heavy atom. The molecule has 3 aromatic carbocycles. The van der Waals surface area contributed by atoms with Gasteiger partial charge in [-0.2, -0.15) is 5.26 Å². The van der Waals surface area contributed by atoms with Crippen molar-refractivity contribution in [2.75, 3.05) is 5.32 Å². The molecule has 156 valence electrons. The third-order valence-corrected chi connectivity index (χ3v) is 5.49. The van der Waals surface area contributed by atoms with Gasteiger partial charge >= 0.3 is 0 Å². The number of hydrogen-bond acceptors (Lipinski definition) is 3. The molecule has 0 heterocycles. The molecule has 3 aromatic rings. The monoisotopic (exact) mass is 474 g/mol. The predicted molar refractivity (Wildman–Crippen MR) is 128 cm³/mol. The summed E-state index contributed by atoms with van der Waals surface area (Å²) in [6.45, 7) is 6.56. The zero-order chi connectivity index (χ0) is 22.4. The first-order valence-corrected chi connectivity index (χ1v) is 10.6. The van der Waals surface area contributed by atoms with Gasteiger partial charge < -0.3 is 10.1 Å². The Balaban J connectivity index is 1.71. The highest BCUT2D eigenvalue weighted by atomic mass is 79.9. The molecule has 0 bridgehead atoms. The van der Waals surface area contributed by atoms with Crippen LogP contribution in [0.4, 0.5) is 5.69 Å². The van der Waals surface area contributed by atoms with Crippen molar-refractivity contribution in [2.24, 2.45) is 0 Å². The van der Waals surface area contributed by atoms with Gasteiger partial charge in [0.05, 0.1) is 4.47 Å². The largest absolute Gasteiger partial charge is 0.488 e. The van der Waals surface area contributed by atoms with E-state index in [4.69, 9.17) is 4.74 Å². The maximum absolute atomic E-state index is 12.5. The number of nitrogens with zero attached hydrogens (tertiary/aromatic N) is 1. The fraction of sp³-hybridized carbons (Fsp3) is 0.154. The molecule has 0 fully saturated rings. The lowest BCUT2D eigenvalue weighted by atomic mass is 10.1. The number of anilines is 1. The van der Waals surface area contributed by atoms with Gasteiger partial charge in [-0.1, -0.05) is 36.4 Å². The summed E-state index contributed by atoms with van der Waals surface area (Å²) in [6, 6.07) is 21.1. The van der Waals surface area contributed by atoms with Gasteiger partial charge in [-0.25, -0.2) is 0 Å². The van der Waals surface area contributed by atoms with Crippen LogP contribution < -0.4 is 10.1 Å². The standard InChI is InChI=1S/C26H23BrN2O2/c1-17-5-4-6-23(11-17)29-26(30)22(15-28)13-20-9-10-25(24(27)14-20)31-16-21-8-7-18(2)19(3)12-21/h4-14H,16H2,1-3H3,(H,29,30)/b22-13+. The lowest BCUT2D eigenvalue weighted by Crippen LogP contribution is -2.13. The van der Waals surface area contributed by atoms with E-state index in [1.807, 2.05) is 49.4 Å². The van der Waals surface area contributed by atoms with E-state index in [9.17, 15) is 10.1 Å². The zero-order valence-electron chi connectivity index (χ0n) is 17.7. The highest BCUT2D eigenvalue weighted by molar-refractivity contribution is 9.10. The van der Waals surface area contributed by atoms with Gasteiger partial charge in [-0.15, -0.1) is 0 Å². The number of amides is 1. The van der Waals surface area contributed by atoms with Gasteiger partial charge in [0.25, 0.3) is 5.91 Å². The van der Waals surface area contributed by atoms with E-state index in [0.29, 0.717) is 18.0 Å². The van der Waals surface area contributed by atoms with E-state index in [0.717, 1.165) is 21.2 Å². The Morgan fingerprint density at radius 3 is 2.55 bits per heavy atom. The average Bonchev–Trinajstić information content (AvgIpc) is 2.73. The molecule has 0 radical (unpaired) electrons. The maximum atomic E-state index is 12.5. The highest BCUT2D eigenvalue weighted by Crippen LogP contribution is 2.28. The van der Waals surface area contributed by atoms with E-state index < -0.39 is 5.91 Å². The van der Waals surface area contributed by atoms with Crippen molar-refractivity contribution in [3.05, 3.63) is 98.5 Å². The summed E-state index contributed by atoms with van der Waals surface area (Å²) < 4.78 is 6.68. The molecular formula is C26H23BrN2O2. The Labute approximate surface area is 191 Å². The summed E-state index contributed by atoms with van der Waals surface area (Å²) in [6.07, 6.45) is 1.56. The molecule has 0 aliphatic rings. The molecule has 0 spiro atoms. The smallest absolute Gasteiger partial charge is 0.266 e. The second-order valence-electron chi connectivity index (χ2n) is 7.39. The van der Waals surface area contributed by atoms with E-state index in [1.165, 1.54) is 11.1 Å². The number of carbonyl (C=O) groups is 1. The van der Waals surface area contributed by atoms with E-state index >= 15 is 0 Å².